The summed E-state index contributed by atoms with van der Waals surface area (Å²) in [6, 6.07) is 25.9. The highest BCUT2D eigenvalue weighted by Crippen LogP contribution is 2.26. The smallest absolute Gasteiger partial charge is 0.229 e. The number of hydrogen-bond acceptors (Lipinski definition) is 5. The lowest BCUT2D eigenvalue weighted by Gasteiger charge is -2.12. The highest BCUT2D eigenvalue weighted by molar-refractivity contribution is 5.91. The van der Waals surface area contributed by atoms with E-state index in [-0.39, 0.29) is 0 Å². The predicted octanol–water partition coefficient (Wildman–Crippen LogP) is 4.58. The molecule has 0 saturated heterocycles. The Morgan fingerprint density at radius 2 is 1.50 bits per heavy atom. The van der Waals surface area contributed by atoms with Crippen LogP contribution in [0.5, 0.6) is 0 Å². The van der Waals surface area contributed by atoms with Crippen LogP contribution in [-0.4, -0.2) is 9.97 Å². The predicted molar refractivity (Wildman–Crippen MR) is 107 cm³/mol. The average molecular weight is 341 g/mol. The third-order valence-corrected chi connectivity index (χ3v) is 4.06. The molecule has 0 saturated carbocycles. The van der Waals surface area contributed by atoms with E-state index in [1.807, 2.05) is 78.9 Å². The summed E-state index contributed by atoms with van der Waals surface area (Å²) in [6.07, 6.45) is 0. The Labute approximate surface area is 151 Å². The van der Waals surface area contributed by atoms with Gasteiger partial charge in [0.05, 0.1) is 5.52 Å². The molecule has 0 unspecified atom stereocenters. The SMILES string of the molecule is NCc1cccc(Nc2nc(Nc3ccccc3)c3ccccc3n2)c1. The molecule has 0 amide bonds. The third kappa shape index (κ3) is 3.48. The van der Waals surface area contributed by atoms with Crippen molar-refractivity contribution in [1.29, 1.82) is 0 Å². The van der Waals surface area contributed by atoms with Gasteiger partial charge in [-0.1, -0.05) is 42.5 Å². The molecule has 0 radical (unpaired) electrons. The highest BCUT2D eigenvalue weighted by atomic mass is 15.1. The van der Waals surface area contributed by atoms with Gasteiger partial charge in [0.15, 0.2) is 0 Å². The summed E-state index contributed by atoms with van der Waals surface area (Å²) < 4.78 is 0. The van der Waals surface area contributed by atoms with Crippen LogP contribution in [0.3, 0.4) is 0 Å². The first kappa shape index (κ1) is 16.1. The molecule has 128 valence electrons. The fourth-order valence-electron chi connectivity index (χ4n) is 2.79. The molecule has 3 aromatic carbocycles. The Kier molecular flexibility index (Phi) is 4.45. The minimum Gasteiger partial charge on any atom is -0.340 e. The molecule has 1 aromatic heterocycles. The lowest BCUT2D eigenvalue weighted by Crippen LogP contribution is -2.03. The molecule has 5 nitrogen and oxygen atoms in total. The minimum absolute atomic E-state index is 0.495. The van der Waals surface area contributed by atoms with E-state index in [0.29, 0.717) is 12.5 Å². The molecule has 0 aliphatic carbocycles. The zero-order valence-corrected chi connectivity index (χ0v) is 14.2. The summed E-state index contributed by atoms with van der Waals surface area (Å²) in [4.78, 5) is 9.32. The summed E-state index contributed by atoms with van der Waals surface area (Å²) in [5.74, 6) is 1.30. The topological polar surface area (TPSA) is 75.9 Å². The van der Waals surface area contributed by atoms with E-state index in [1.165, 1.54) is 0 Å². The zero-order chi connectivity index (χ0) is 17.8. The summed E-state index contributed by atoms with van der Waals surface area (Å²) in [7, 11) is 0. The van der Waals surface area contributed by atoms with Crippen molar-refractivity contribution in [2.75, 3.05) is 10.6 Å². The van der Waals surface area contributed by atoms with Gasteiger partial charge in [0.1, 0.15) is 5.82 Å². The molecule has 4 N–H and O–H groups in total. The van der Waals surface area contributed by atoms with Gasteiger partial charge in [-0.3, -0.25) is 0 Å². The average Bonchev–Trinajstić information content (AvgIpc) is 2.69. The summed E-state index contributed by atoms with van der Waals surface area (Å²) >= 11 is 0. The van der Waals surface area contributed by atoms with Gasteiger partial charge in [-0.15, -0.1) is 0 Å². The Balaban J connectivity index is 1.73. The molecule has 1 heterocycles. The van der Waals surface area contributed by atoms with Gasteiger partial charge < -0.3 is 16.4 Å². The van der Waals surface area contributed by atoms with Crippen molar-refractivity contribution >= 4 is 34.0 Å². The fraction of sp³-hybridized carbons (Fsp3) is 0.0476. The van der Waals surface area contributed by atoms with Crippen LogP contribution in [0.25, 0.3) is 10.9 Å². The number of para-hydroxylation sites is 2. The molecule has 0 spiro atoms. The Morgan fingerprint density at radius 3 is 2.35 bits per heavy atom. The van der Waals surface area contributed by atoms with Crippen molar-refractivity contribution in [2.24, 2.45) is 5.73 Å². The minimum atomic E-state index is 0.495. The first-order valence-electron chi connectivity index (χ1n) is 8.47. The number of rotatable bonds is 5. The number of nitrogens with two attached hydrogens (primary N) is 1. The number of fused-ring (bicyclic) bond motifs is 1. The molecular weight excluding hydrogens is 322 g/mol. The second-order valence-corrected chi connectivity index (χ2v) is 5.93. The maximum Gasteiger partial charge on any atom is 0.229 e. The quantitative estimate of drug-likeness (QED) is 0.495. The van der Waals surface area contributed by atoms with Gasteiger partial charge in [0, 0.05) is 23.3 Å². The highest BCUT2D eigenvalue weighted by Gasteiger charge is 2.08. The van der Waals surface area contributed by atoms with Crippen molar-refractivity contribution in [3.05, 3.63) is 84.4 Å². The Hall–Kier alpha value is -3.44. The van der Waals surface area contributed by atoms with Crippen LogP contribution in [0.1, 0.15) is 5.56 Å². The second kappa shape index (κ2) is 7.21. The van der Waals surface area contributed by atoms with E-state index in [1.54, 1.807) is 0 Å². The van der Waals surface area contributed by atoms with E-state index in [9.17, 15) is 0 Å². The van der Waals surface area contributed by atoms with E-state index >= 15 is 0 Å². The molecule has 4 rings (SSSR count). The first-order valence-corrected chi connectivity index (χ1v) is 8.47. The lowest BCUT2D eigenvalue weighted by molar-refractivity contribution is 1.07. The molecule has 0 aliphatic heterocycles. The standard InChI is InChI=1S/C21H19N5/c22-14-15-7-6-10-17(13-15)24-21-25-19-12-5-4-11-18(19)20(26-21)23-16-8-2-1-3-9-16/h1-13H,14,22H2,(H2,23,24,25,26). The number of hydrogen-bond donors (Lipinski definition) is 3. The fourth-order valence-corrected chi connectivity index (χ4v) is 2.79. The Bertz CT molecular complexity index is 1030. The molecule has 0 atom stereocenters. The number of nitrogens with zero attached hydrogens (tertiary/aromatic N) is 2. The molecule has 0 bridgehead atoms. The maximum absolute atomic E-state index is 5.73. The second-order valence-electron chi connectivity index (χ2n) is 5.93. The summed E-state index contributed by atoms with van der Waals surface area (Å²) in [6.45, 7) is 0.495. The zero-order valence-electron chi connectivity index (χ0n) is 14.2. The van der Waals surface area contributed by atoms with Crippen molar-refractivity contribution in [2.45, 2.75) is 6.54 Å². The van der Waals surface area contributed by atoms with E-state index in [2.05, 4.69) is 20.6 Å². The van der Waals surface area contributed by atoms with Crippen molar-refractivity contribution < 1.29 is 0 Å². The molecule has 5 heteroatoms. The van der Waals surface area contributed by atoms with Crippen LogP contribution in [0.15, 0.2) is 78.9 Å². The van der Waals surface area contributed by atoms with Gasteiger partial charge >= 0.3 is 0 Å². The number of anilines is 4. The van der Waals surface area contributed by atoms with Gasteiger partial charge in [-0.05, 0) is 42.0 Å². The Morgan fingerprint density at radius 1 is 0.731 bits per heavy atom. The van der Waals surface area contributed by atoms with Crippen molar-refractivity contribution in [1.82, 2.24) is 9.97 Å². The molecule has 0 fully saturated rings. The third-order valence-electron chi connectivity index (χ3n) is 4.06. The number of benzene rings is 3. The van der Waals surface area contributed by atoms with Crippen LogP contribution < -0.4 is 16.4 Å². The van der Waals surface area contributed by atoms with E-state index in [0.717, 1.165) is 33.7 Å². The van der Waals surface area contributed by atoms with Crippen molar-refractivity contribution in [3.63, 3.8) is 0 Å². The maximum atomic E-state index is 5.73. The molecule has 26 heavy (non-hydrogen) atoms. The van der Waals surface area contributed by atoms with Crippen LogP contribution in [-0.2, 0) is 6.54 Å². The first-order chi connectivity index (χ1) is 12.8. The summed E-state index contributed by atoms with van der Waals surface area (Å²) in [5.41, 5.74) is 9.55. The summed E-state index contributed by atoms with van der Waals surface area (Å²) in [5, 5.41) is 7.63. The molecule has 4 aromatic rings. The largest absolute Gasteiger partial charge is 0.340 e. The van der Waals surface area contributed by atoms with Crippen LogP contribution >= 0.6 is 0 Å². The van der Waals surface area contributed by atoms with Crippen LogP contribution in [0.2, 0.25) is 0 Å². The monoisotopic (exact) mass is 341 g/mol. The molecular formula is C21H19N5. The number of nitrogens with one attached hydrogen (secondary N) is 2. The van der Waals surface area contributed by atoms with Gasteiger partial charge in [-0.2, -0.15) is 4.98 Å². The van der Waals surface area contributed by atoms with Gasteiger partial charge in [0.25, 0.3) is 0 Å². The van der Waals surface area contributed by atoms with Gasteiger partial charge in [-0.25, -0.2) is 4.98 Å². The van der Waals surface area contributed by atoms with E-state index < -0.39 is 0 Å². The lowest BCUT2D eigenvalue weighted by atomic mass is 10.2. The number of aromatic nitrogens is 2. The van der Waals surface area contributed by atoms with E-state index in [4.69, 9.17) is 5.73 Å². The van der Waals surface area contributed by atoms with Crippen molar-refractivity contribution in [3.8, 4) is 0 Å². The van der Waals surface area contributed by atoms with Gasteiger partial charge in [0.2, 0.25) is 5.95 Å². The molecule has 0 aliphatic rings. The normalized spacial score (nSPS) is 10.7. The van der Waals surface area contributed by atoms with Crippen LogP contribution in [0.4, 0.5) is 23.1 Å². The van der Waals surface area contributed by atoms with Crippen LogP contribution in [0, 0.1) is 0 Å².